The van der Waals surface area contributed by atoms with Crippen LogP contribution in [-0.4, -0.2) is 33.2 Å². The van der Waals surface area contributed by atoms with Gasteiger partial charge in [-0.1, -0.05) is 18.9 Å². The molecule has 3 rings (SSSR count). The second kappa shape index (κ2) is 8.41. The lowest BCUT2D eigenvalue weighted by molar-refractivity contribution is 0.0995. The van der Waals surface area contributed by atoms with E-state index in [4.69, 9.17) is 11.5 Å². The highest BCUT2D eigenvalue weighted by atomic mass is 16.1. The molecule has 2 atom stereocenters. The molecule has 0 aliphatic heterocycles. The van der Waals surface area contributed by atoms with Crippen molar-refractivity contribution in [2.24, 2.45) is 11.5 Å². The van der Waals surface area contributed by atoms with Gasteiger partial charge in [-0.05, 0) is 38.8 Å². The van der Waals surface area contributed by atoms with Crippen molar-refractivity contribution in [3.05, 3.63) is 35.7 Å². The minimum atomic E-state index is -0.745. The van der Waals surface area contributed by atoms with Crippen LogP contribution < -0.4 is 22.1 Å². The van der Waals surface area contributed by atoms with Crippen LogP contribution in [-0.2, 0) is 5.41 Å². The fourth-order valence-electron chi connectivity index (χ4n) is 3.32. The van der Waals surface area contributed by atoms with E-state index in [1.807, 2.05) is 0 Å². The van der Waals surface area contributed by atoms with Crippen molar-refractivity contribution >= 4 is 23.2 Å². The van der Waals surface area contributed by atoms with E-state index in [1.165, 1.54) is 0 Å². The molecule has 1 saturated carbocycles. The Bertz CT molecular complexity index is 936. The highest BCUT2D eigenvalue weighted by Crippen LogP contribution is 2.26. The predicted octanol–water partition coefficient (Wildman–Crippen LogP) is 2.20. The van der Waals surface area contributed by atoms with Crippen LogP contribution in [0.4, 0.5) is 17.3 Å². The summed E-state index contributed by atoms with van der Waals surface area (Å²) in [6, 6.07) is 9.37. The second-order valence-corrected chi connectivity index (χ2v) is 7.83. The van der Waals surface area contributed by atoms with Crippen LogP contribution >= 0.6 is 0 Å². The van der Waals surface area contributed by atoms with Crippen molar-refractivity contribution in [1.29, 1.82) is 5.26 Å². The predicted molar refractivity (Wildman–Crippen MR) is 111 cm³/mol. The minimum Gasteiger partial charge on any atom is -0.364 e. The van der Waals surface area contributed by atoms with Gasteiger partial charge in [0, 0.05) is 18.2 Å². The molecule has 0 spiro atoms. The summed E-state index contributed by atoms with van der Waals surface area (Å²) >= 11 is 0. The molecule has 2 aromatic heterocycles. The van der Waals surface area contributed by atoms with Crippen LogP contribution in [0.2, 0.25) is 0 Å². The average Bonchev–Trinajstić information content (AvgIpc) is 2.70. The lowest BCUT2D eigenvalue weighted by Crippen LogP contribution is -2.42. The van der Waals surface area contributed by atoms with Crippen LogP contribution in [0, 0.1) is 11.3 Å². The number of hydrogen-bond donors (Lipinski definition) is 4. The Morgan fingerprint density at radius 1 is 1.24 bits per heavy atom. The van der Waals surface area contributed by atoms with Gasteiger partial charge in [0.25, 0.3) is 5.91 Å². The Labute approximate surface area is 169 Å². The fraction of sp³-hybridized carbons (Fsp3) is 0.450. The summed E-state index contributed by atoms with van der Waals surface area (Å²) < 4.78 is 0. The maximum absolute atomic E-state index is 11.8. The van der Waals surface area contributed by atoms with Crippen LogP contribution in [0.25, 0.3) is 0 Å². The highest BCUT2D eigenvalue weighted by Gasteiger charge is 2.24. The first kappa shape index (κ1) is 20.5. The largest absolute Gasteiger partial charge is 0.364 e. The zero-order valence-corrected chi connectivity index (χ0v) is 16.6. The molecule has 1 aliphatic rings. The summed E-state index contributed by atoms with van der Waals surface area (Å²) in [6.07, 6.45) is 4.14. The summed E-state index contributed by atoms with van der Waals surface area (Å²) in [6.45, 7) is 3.58. The third-order valence-corrected chi connectivity index (χ3v) is 5.11. The topological polar surface area (TPSA) is 156 Å². The van der Waals surface area contributed by atoms with Crippen LogP contribution in [0.15, 0.2) is 24.3 Å². The number of nitriles is 1. The van der Waals surface area contributed by atoms with Crippen molar-refractivity contribution in [1.82, 2.24) is 15.2 Å². The van der Waals surface area contributed by atoms with E-state index in [2.05, 4.69) is 31.9 Å². The maximum atomic E-state index is 11.8. The second-order valence-electron chi connectivity index (χ2n) is 7.83. The molecule has 1 amide bonds. The number of anilines is 3. The summed E-state index contributed by atoms with van der Waals surface area (Å²) in [7, 11) is 0. The van der Waals surface area contributed by atoms with Gasteiger partial charge in [-0.25, -0.2) is 4.98 Å². The lowest BCUT2D eigenvalue weighted by atomic mass is 9.91. The van der Waals surface area contributed by atoms with E-state index in [0.29, 0.717) is 23.0 Å². The number of hydrogen-bond acceptors (Lipinski definition) is 8. The first-order valence-corrected chi connectivity index (χ1v) is 9.65. The normalized spacial score (nSPS) is 19.2. The van der Waals surface area contributed by atoms with Gasteiger partial charge in [0.15, 0.2) is 11.5 Å². The molecule has 6 N–H and O–H groups in total. The Morgan fingerprint density at radius 3 is 2.69 bits per heavy atom. The fourth-order valence-corrected chi connectivity index (χ4v) is 3.32. The Balaban J connectivity index is 1.88. The summed E-state index contributed by atoms with van der Waals surface area (Å²) in [5.41, 5.74) is 11.9. The van der Waals surface area contributed by atoms with E-state index in [-0.39, 0.29) is 17.8 Å². The van der Waals surface area contributed by atoms with Crippen molar-refractivity contribution in [2.75, 3.05) is 10.6 Å². The molecule has 29 heavy (non-hydrogen) atoms. The number of nitrogens with two attached hydrogens (primary N) is 2. The van der Waals surface area contributed by atoms with Gasteiger partial charge in [-0.15, -0.1) is 10.2 Å². The molecule has 0 radical (unpaired) electrons. The maximum Gasteiger partial charge on any atom is 0.271 e. The first-order chi connectivity index (χ1) is 13.8. The molecule has 152 valence electrons. The number of amides is 1. The molecule has 1 fully saturated rings. The molecule has 0 bridgehead atoms. The van der Waals surface area contributed by atoms with Gasteiger partial charge in [0.1, 0.15) is 5.82 Å². The third kappa shape index (κ3) is 4.78. The zero-order valence-electron chi connectivity index (χ0n) is 16.6. The number of aromatic nitrogens is 3. The number of primary amides is 1. The zero-order chi connectivity index (χ0) is 21.0. The molecule has 2 heterocycles. The van der Waals surface area contributed by atoms with E-state index in [9.17, 15) is 10.1 Å². The smallest absolute Gasteiger partial charge is 0.271 e. The van der Waals surface area contributed by atoms with Gasteiger partial charge in [0.05, 0.1) is 22.9 Å². The standard InChI is InChI=1S/C20H26N8O/c1-20(2,11-21)15-8-5-9-16(26-15)25-14-10-17(27-28-18(14)19(23)29)24-13-7-4-3-6-12(13)22/h5,8-10,12-13H,3-4,6-7,22H2,1-2H3,(H2,23,29)(H2,24,25,26,27). The lowest BCUT2D eigenvalue weighted by Gasteiger charge is -2.29. The van der Waals surface area contributed by atoms with E-state index in [1.54, 1.807) is 38.1 Å². The number of carbonyl (C=O) groups is 1. The first-order valence-electron chi connectivity index (χ1n) is 9.65. The minimum absolute atomic E-state index is 0.00948. The molecule has 2 aromatic rings. The summed E-state index contributed by atoms with van der Waals surface area (Å²) in [5, 5.41) is 23.8. The van der Waals surface area contributed by atoms with Crippen LogP contribution in [0.3, 0.4) is 0 Å². The van der Waals surface area contributed by atoms with Gasteiger partial charge >= 0.3 is 0 Å². The molecule has 0 saturated heterocycles. The molecular weight excluding hydrogens is 368 g/mol. The number of pyridine rings is 1. The average molecular weight is 394 g/mol. The molecule has 1 aliphatic carbocycles. The molecule has 0 aromatic carbocycles. The Kier molecular flexibility index (Phi) is 5.94. The van der Waals surface area contributed by atoms with Gasteiger partial charge in [-0.2, -0.15) is 5.26 Å². The van der Waals surface area contributed by atoms with Crippen molar-refractivity contribution in [3.8, 4) is 6.07 Å². The van der Waals surface area contributed by atoms with E-state index < -0.39 is 11.3 Å². The third-order valence-electron chi connectivity index (χ3n) is 5.11. The number of rotatable bonds is 6. The van der Waals surface area contributed by atoms with Gasteiger partial charge in [0.2, 0.25) is 0 Å². The van der Waals surface area contributed by atoms with E-state index >= 15 is 0 Å². The molecule has 9 nitrogen and oxygen atoms in total. The Hall–Kier alpha value is -3.25. The molecule has 9 heteroatoms. The van der Waals surface area contributed by atoms with Gasteiger partial charge in [-0.3, -0.25) is 4.79 Å². The molecule has 2 unspecified atom stereocenters. The summed E-state index contributed by atoms with van der Waals surface area (Å²) in [4.78, 5) is 16.3. The quantitative estimate of drug-likeness (QED) is 0.581. The van der Waals surface area contributed by atoms with Crippen LogP contribution in [0.5, 0.6) is 0 Å². The monoisotopic (exact) mass is 394 g/mol. The van der Waals surface area contributed by atoms with E-state index in [0.717, 1.165) is 25.7 Å². The van der Waals surface area contributed by atoms with Crippen LogP contribution in [0.1, 0.15) is 55.7 Å². The SMILES string of the molecule is CC(C)(C#N)c1cccc(Nc2cc(NC3CCCCC3N)nnc2C(N)=O)n1. The number of nitrogens with zero attached hydrogens (tertiary/aromatic N) is 4. The summed E-state index contributed by atoms with van der Waals surface area (Å²) in [5.74, 6) is 0.282. The molecular formula is C20H26N8O. The highest BCUT2D eigenvalue weighted by molar-refractivity contribution is 5.97. The van der Waals surface area contributed by atoms with Crippen molar-refractivity contribution < 1.29 is 4.79 Å². The Morgan fingerprint density at radius 2 is 2.00 bits per heavy atom. The van der Waals surface area contributed by atoms with Gasteiger partial charge < -0.3 is 22.1 Å². The number of carbonyl (C=O) groups excluding carboxylic acids is 1. The van der Waals surface area contributed by atoms with Crippen molar-refractivity contribution in [3.63, 3.8) is 0 Å². The van der Waals surface area contributed by atoms with Crippen molar-refractivity contribution in [2.45, 2.75) is 57.0 Å². The number of nitrogens with one attached hydrogen (secondary N) is 2.